The highest BCUT2D eigenvalue weighted by Crippen LogP contribution is 2.25. The maximum Gasteiger partial charge on any atom is 0.407 e. The van der Waals surface area contributed by atoms with Gasteiger partial charge in [-0.25, -0.2) is 13.2 Å². The predicted molar refractivity (Wildman–Crippen MR) is 147 cm³/mol. The van der Waals surface area contributed by atoms with Gasteiger partial charge in [0, 0.05) is 25.4 Å². The number of sulfonamides is 1. The third kappa shape index (κ3) is 7.53. The number of hydrogen-bond acceptors (Lipinski definition) is 10. The third-order valence-electron chi connectivity index (χ3n) is 5.87. The second kappa shape index (κ2) is 12.6. The van der Waals surface area contributed by atoms with E-state index in [-0.39, 0.29) is 48.5 Å². The molecule has 0 aliphatic heterocycles. The van der Waals surface area contributed by atoms with E-state index in [2.05, 4.69) is 15.3 Å². The number of aliphatic hydroxyl groups excluding tert-OH is 1. The summed E-state index contributed by atoms with van der Waals surface area (Å²) in [4.78, 5) is 21.3. The van der Waals surface area contributed by atoms with Crippen molar-refractivity contribution in [2.75, 3.05) is 18.8 Å². The molecule has 13 heteroatoms. The Morgan fingerprint density at radius 2 is 1.97 bits per heavy atom. The van der Waals surface area contributed by atoms with Crippen molar-refractivity contribution in [3.63, 3.8) is 0 Å². The first-order valence-electron chi connectivity index (χ1n) is 12.3. The van der Waals surface area contributed by atoms with E-state index < -0.39 is 28.3 Å². The molecule has 39 heavy (non-hydrogen) atoms. The molecule has 0 fully saturated rings. The molecule has 4 rings (SSSR count). The molecule has 208 valence electrons. The number of fused-ring (bicyclic) bond motifs is 1. The van der Waals surface area contributed by atoms with Crippen LogP contribution >= 0.6 is 11.3 Å². The summed E-state index contributed by atoms with van der Waals surface area (Å²) in [5.74, 6) is -0.0402. The maximum atomic E-state index is 13.7. The number of alkyl carbamates (subject to hydrolysis) is 1. The molecule has 0 bridgehead atoms. The van der Waals surface area contributed by atoms with Crippen LogP contribution in [0.4, 0.5) is 10.8 Å². The van der Waals surface area contributed by atoms with Crippen molar-refractivity contribution in [1.29, 1.82) is 0 Å². The summed E-state index contributed by atoms with van der Waals surface area (Å²) in [5, 5.41) is 14.0. The molecular weight excluding hydrogens is 542 g/mol. The summed E-state index contributed by atoms with van der Waals surface area (Å²) in [6.45, 7) is 3.68. The fraction of sp³-hybridized carbons (Fsp3) is 0.346. The van der Waals surface area contributed by atoms with E-state index >= 15 is 0 Å². The molecule has 2 aromatic carbocycles. The zero-order valence-corrected chi connectivity index (χ0v) is 23.2. The molecule has 0 unspecified atom stereocenters. The van der Waals surface area contributed by atoms with Gasteiger partial charge in [-0.05, 0) is 30.0 Å². The Labute approximate surface area is 230 Å². The number of anilines is 1. The molecule has 0 saturated carbocycles. The van der Waals surface area contributed by atoms with Gasteiger partial charge in [0.15, 0.2) is 5.58 Å². The number of rotatable bonds is 12. The molecule has 0 aliphatic carbocycles. The van der Waals surface area contributed by atoms with Crippen molar-refractivity contribution >= 4 is 44.6 Å². The van der Waals surface area contributed by atoms with E-state index in [1.54, 1.807) is 11.7 Å². The molecule has 0 radical (unpaired) electrons. The molecule has 11 nitrogen and oxygen atoms in total. The third-order valence-corrected chi connectivity index (χ3v) is 8.45. The van der Waals surface area contributed by atoms with Gasteiger partial charge >= 0.3 is 6.09 Å². The maximum absolute atomic E-state index is 13.7. The second-order valence-corrected chi connectivity index (χ2v) is 12.4. The lowest BCUT2D eigenvalue weighted by molar-refractivity contribution is 0.0876. The number of aromatic nitrogens is 2. The minimum absolute atomic E-state index is 0.0180. The normalized spacial score (nSPS) is 13.6. The van der Waals surface area contributed by atoms with Crippen molar-refractivity contribution < 1.29 is 27.5 Å². The lowest BCUT2D eigenvalue weighted by Gasteiger charge is -2.30. The number of carbonyl (C=O) groups is 1. The van der Waals surface area contributed by atoms with Crippen molar-refractivity contribution in [3.05, 3.63) is 70.7 Å². The number of hydrogen-bond donors (Lipinski definition) is 3. The van der Waals surface area contributed by atoms with Crippen LogP contribution in [0.2, 0.25) is 0 Å². The molecule has 4 N–H and O–H groups in total. The number of nitrogens with zero attached hydrogens (tertiary/aromatic N) is 3. The Morgan fingerprint density at radius 3 is 2.67 bits per heavy atom. The predicted octanol–water partition coefficient (Wildman–Crippen LogP) is 3.41. The van der Waals surface area contributed by atoms with Crippen LogP contribution in [0, 0.1) is 5.92 Å². The Kier molecular flexibility index (Phi) is 9.17. The first kappa shape index (κ1) is 28.5. The number of carbonyl (C=O) groups excluding carboxylic acids is 1. The van der Waals surface area contributed by atoms with Crippen LogP contribution in [0.25, 0.3) is 11.1 Å². The summed E-state index contributed by atoms with van der Waals surface area (Å²) in [5.41, 5.74) is 8.78. The van der Waals surface area contributed by atoms with E-state index in [1.807, 2.05) is 44.2 Å². The minimum atomic E-state index is -4.05. The first-order chi connectivity index (χ1) is 18.6. The Bertz CT molecular complexity index is 1480. The van der Waals surface area contributed by atoms with Crippen LogP contribution in [0.3, 0.4) is 0 Å². The van der Waals surface area contributed by atoms with E-state index in [9.17, 15) is 18.3 Å². The monoisotopic (exact) mass is 573 g/mol. The van der Waals surface area contributed by atoms with Crippen LogP contribution < -0.4 is 11.1 Å². The number of nitrogen functional groups attached to an aromatic ring is 1. The van der Waals surface area contributed by atoms with Crippen molar-refractivity contribution in [1.82, 2.24) is 19.6 Å². The van der Waals surface area contributed by atoms with Gasteiger partial charge in [0.1, 0.15) is 12.1 Å². The molecular formula is C26H31N5O6S2. The largest absolute Gasteiger partial charge is 0.444 e. The van der Waals surface area contributed by atoms with E-state index in [0.717, 1.165) is 10.4 Å². The molecule has 2 atom stereocenters. The zero-order chi connectivity index (χ0) is 28.0. The van der Waals surface area contributed by atoms with Gasteiger partial charge in [-0.1, -0.05) is 44.2 Å². The van der Waals surface area contributed by atoms with Gasteiger partial charge in [-0.2, -0.15) is 9.29 Å². The first-order valence-corrected chi connectivity index (χ1v) is 14.6. The van der Waals surface area contributed by atoms with Crippen LogP contribution in [-0.2, 0) is 27.8 Å². The smallest absolute Gasteiger partial charge is 0.407 e. The van der Waals surface area contributed by atoms with Gasteiger partial charge in [-0.15, -0.1) is 11.3 Å². The van der Waals surface area contributed by atoms with Crippen LogP contribution in [0.1, 0.15) is 24.3 Å². The van der Waals surface area contributed by atoms with Gasteiger partial charge in [0.05, 0.1) is 27.4 Å². The summed E-state index contributed by atoms with van der Waals surface area (Å²) in [6.07, 6.45) is -0.112. The zero-order valence-electron chi connectivity index (χ0n) is 21.6. The number of thiazole rings is 1. The highest BCUT2D eigenvalue weighted by atomic mass is 32.2. The average molecular weight is 574 g/mol. The summed E-state index contributed by atoms with van der Waals surface area (Å²) in [6, 6.07) is 12.7. The van der Waals surface area contributed by atoms with Gasteiger partial charge in [-0.3, -0.25) is 4.98 Å². The molecule has 4 aromatic rings. The number of aliphatic hydroxyl groups is 1. The van der Waals surface area contributed by atoms with E-state index in [0.29, 0.717) is 5.52 Å². The molecule has 1 amide bonds. The molecule has 2 aromatic heterocycles. The number of amides is 1. The SMILES string of the molecule is CC(C)CN(C[C@H](O)[C@H](Cc1ccccc1)NC(=O)OCc1cncs1)S(=O)(=O)c1ccc2nc(N)oc2c1. The highest BCUT2D eigenvalue weighted by Gasteiger charge is 2.32. The average Bonchev–Trinajstić information content (AvgIpc) is 3.55. The summed E-state index contributed by atoms with van der Waals surface area (Å²) < 4.78 is 39.2. The van der Waals surface area contributed by atoms with Crippen LogP contribution in [0.5, 0.6) is 0 Å². The lowest BCUT2D eigenvalue weighted by Crippen LogP contribution is -2.51. The topological polar surface area (TPSA) is 161 Å². The number of nitrogens with two attached hydrogens (primary N) is 1. The molecule has 2 heterocycles. The highest BCUT2D eigenvalue weighted by molar-refractivity contribution is 7.89. The number of benzene rings is 2. The number of oxazole rings is 1. The van der Waals surface area contributed by atoms with Gasteiger partial charge < -0.3 is 25.3 Å². The van der Waals surface area contributed by atoms with Crippen LogP contribution in [0.15, 0.2) is 69.6 Å². The Balaban J connectivity index is 1.55. The van der Waals surface area contributed by atoms with Crippen LogP contribution in [-0.4, -0.2) is 59.1 Å². The van der Waals surface area contributed by atoms with Crippen molar-refractivity contribution in [3.8, 4) is 0 Å². The fourth-order valence-electron chi connectivity index (χ4n) is 4.04. The quantitative estimate of drug-likeness (QED) is 0.231. The Morgan fingerprint density at radius 1 is 1.21 bits per heavy atom. The summed E-state index contributed by atoms with van der Waals surface area (Å²) >= 11 is 1.35. The minimum Gasteiger partial charge on any atom is -0.444 e. The summed E-state index contributed by atoms with van der Waals surface area (Å²) in [7, 11) is -4.05. The molecule has 0 saturated heterocycles. The molecule has 0 spiro atoms. The standard InChI is InChI=1S/C26H31N5O6S2/c1-17(2)13-31(39(34,35)20-8-9-21-24(11-20)37-25(27)29-21)14-23(32)22(10-18-6-4-3-5-7-18)30-26(33)36-15-19-12-28-16-38-19/h3-9,11-12,16-17,22-23,32H,10,13-15H2,1-2H3,(H2,27,29)(H,30,33)/t22-,23-/m0/s1. The van der Waals surface area contributed by atoms with Crippen molar-refractivity contribution in [2.24, 2.45) is 5.92 Å². The number of ether oxygens (including phenoxy) is 1. The van der Waals surface area contributed by atoms with Gasteiger partial charge in [0.25, 0.3) is 6.01 Å². The number of nitrogens with one attached hydrogen (secondary N) is 1. The van der Waals surface area contributed by atoms with Gasteiger partial charge in [0.2, 0.25) is 10.0 Å². The molecule has 0 aliphatic rings. The fourth-order valence-corrected chi connectivity index (χ4v) is 6.18. The van der Waals surface area contributed by atoms with Crippen molar-refractivity contribution in [2.45, 2.75) is 43.9 Å². The lowest BCUT2D eigenvalue weighted by atomic mass is 10.0. The van der Waals surface area contributed by atoms with E-state index in [1.165, 1.54) is 33.8 Å². The van der Waals surface area contributed by atoms with E-state index in [4.69, 9.17) is 14.9 Å². The Hall–Kier alpha value is -3.52. The second-order valence-electron chi connectivity index (χ2n) is 9.45.